The van der Waals surface area contributed by atoms with Crippen molar-refractivity contribution in [3.05, 3.63) is 59.9 Å². The molecule has 0 bridgehead atoms. The Hall–Kier alpha value is -4.34. The topological polar surface area (TPSA) is 141 Å². The van der Waals surface area contributed by atoms with E-state index < -0.39 is 0 Å². The van der Waals surface area contributed by atoms with E-state index in [1.165, 1.54) is 14.2 Å². The lowest BCUT2D eigenvalue weighted by molar-refractivity contribution is -0.119. The third-order valence-electron chi connectivity index (χ3n) is 5.92. The second kappa shape index (κ2) is 10.7. The predicted octanol–water partition coefficient (Wildman–Crippen LogP) is 3.16. The van der Waals surface area contributed by atoms with Gasteiger partial charge in [-0.25, -0.2) is 4.98 Å². The molecule has 1 aliphatic carbocycles. The van der Waals surface area contributed by atoms with Crippen LogP contribution in [0.1, 0.15) is 24.0 Å². The Morgan fingerprint density at radius 2 is 1.54 bits per heavy atom. The van der Waals surface area contributed by atoms with Crippen molar-refractivity contribution < 1.29 is 24.5 Å². The van der Waals surface area contributed by atoms with Gasteiger partial charge in [0.25, 0.3) is 0 Å². The van der Waals surface area contributed by atoms with Crippen LogP contribution in [0.15, 0.2) is 58.8 Å². The van der Waals surface area contributed by atoms with Crippen molar-refractivity contribution in [3.8, 4) is 23.0 Å². The Balaban J connectivity index is 1.57. The highest BCUT2D eigenvalue weighted by Gasteiger charge is 2.37. The smallest absolute Gasteiger partial charge is 0.229 e. The summed E-state index contributed by atoms with van der Waals surface area (Å²) in [7, 11) is 2.96. The third-order valence-corrected chi connectivity index (χ3v) is 5.92. The Labute approximate surface area is 202 Å². The van der Waals surface area contributed by atoms with E-state index in [9.17, 15) is 15.0 Å². The lowest BCUT2D eigenvalue weighted by atomic mass is 10.1. The molecule has 2 aromatic carbocycles. The summed E-state index contributed by atoms with van der Waals surface area (Å²) in [6.45, 7) is 0. The van der Waals surface area contributed by atoms with E-state index in [0.29, 0.717) is 41.4 Å². The molecule has 0 spiro atoms. The normalized spacial score (nSPS) is 19.9. The lowest BCUT2D eigenvalue weighted by Crippen LogP contribution is -2.21. The molecule has 1 aromatic heterocycles. The molecule has 1 amide bonds. The van der Waals surface area contributed by atoms with Gasteiger partial charge in [0.1, 0.15) is 0 Å². The highest BCUT2D eigenvalue weighted by molar-refractivity contribution is 5.91. The number of methoxy groups -OCH3 is 2. The van der Waals surface area contributed by atoms with Crippen LogP contribution in [-0.4, -0.2) is 64.8 Å². The maximum atomic E-state index is 12.8. The molecule has 10 heteroatoms. The van der Waals surface area contributed by atoms with Gasteiger partial charge in [0.2, 0.25) is 11.9 Å². The van der Waals surface area contributed by atoms with Crippen molar-refractivity contribution in [2.45, 2.75) is 24.9 Å². The van der Waals surface area contributed by atoms with Crippen LogP contribution in [-0.2, 0) is 4.79 Å². The summed E-state index contributed by atoms with van der Waals surface area (Å²) in [6, 6.07) is 9.64. The van der Waals surface area contributed by atoms with E-state index in [1.807, 2.05) is 0 Å². The first-order chi connectivity index (χ1) is 17.0. The van der Waals surface area contributed by atoms with Gasteiger partial charge in [-0.2, -0.15) is 0 Å². The molecule has 0 saturated heterocycles. The van der Waals surface area contributed by atoms with Gasteiger partial charge in [0.05, 0.1) is 26.3 Å². The number of phenols is 2. The molecule has 1 fully saturated rings. The van der Waals surface area contributed by atoms with Gasteiger partial charge in [-0.3, -0.25) is 20.1 Å². The first kappa shape index (κ1) is 23.8. The number of para-hydroxylation sites is 2. The number of anilines is 1. The molecule has 182 valence electrons. The van der Waals surface area contributed by atoms with Crippen LogP contribution in [0.25, 0.3) is 0 Å². The molecule has 1 unspecified atom stereocenters. The molecule has 4 rings (SSSR count). The van der Waals surface area contributed by atoms with Crippen molar-refractivity contribution in [2.75, 3.05) is 19.5 Å². The van der Waals surface area contributed by atoms with Crippen LogP contribution in [0.2, 0.25) is 0 Å². The Bertz CT molecular complexity index is 1150. The minimum Gasteiger partial charge on any atom is -0.504 e. The first-order valence-corrected chi connectivity index (χ1v) is 11.1. The van der Waals surface area contributed by atoms with Crippen LogP contribution < -0.4 is 14.8 Å². The van der Waals surface area contributed by atoms with Gasteiger partial charge in [0, 0.05) is 41.9 Å². The monoisotopic (exact) mass is 477 g/mol. The van der Waals surface area contributed by atoms with Gasteiger partial charge < -0.3 is 24.7 Å². The number of H-pyrrole nitrogens is 1. The van der Waals surface area contributed by atoms with Crippen molar-refractivity contribution >= 4 is 24.3 Å². The number of ether oxygens (including phenoxy) is 2. The van der Waals surface area contributed by atoms with E-state index in [0.717, 1.165) is 0 Å². The van der Waals surface area contributed by atoms with Crippen molar-refractivity contribution in [1.29, 1.82) is 0 Å². The van der Waals surface area contributed by atoms with Gasteiger partial charge in [-0.1, -0.05) is 12.1 Å². The number of aromatic amines is 1. The number of benzene rings is 2. The summed E-state index contributed by atoms with van der Waals surface area (Å²) < 4.78 is 10.3. The molecule has 0 aliphatic heterocycles. The summed E-state index contributed by atoms with van der Waals surface area (Å²) >= 11 is 0. The molecule has 4 N–H and O–H groups in total. The number of carbonyl (C=O) groups is 1. The molecule has 1 aliphatic rings. The van der Waals surface area contributed by atoms with Gasteiger partial charge in [0.15, 0.2) is 23.0 Å². The van der Waals surface area contributed by atoms with E-state index in [1.54, 1.807) is 61.2 Å². The molecule has 1 saturated carbocycles. The molecule has 3 atom stereocenters. The van der Waals surface area contributed by atoms with Gasteiger partial charge >= 0.3 is 0 Å². The van der Waals surface area contributed by atoms with E-state index >= 15 is 0 Å². The number of nitrogens with zero attached hydrogens (tertiary/aromatic N) is 3. The summed E-state index contributed by atoms with van der Waals surface area (Å²) in [5, 5.41) is 23.5. The maximum absolute atomic E-state index is 12.8. The third kappa shape index (κ3) is 5.43. The van der Waals surface area contributed by atoms with Crippen LogP contribution in [0.5, 0.6) is 23.0 Å². The SMILES string of the molecule is COc1cccc(C=N[C@H]2CC(C(=O)Nc3ncc[nH]3)C[C@H]2N=Cc2cccc(OC)c2O)c1O. The fourth-order valence-corrected chi connectivity index (χ4v) is 4.05. The second-order valence-electron chi connectivity index (χ2n) is 8.08. The molecule has 3 aromatic rings. The summed E-state index contributed by atoms with van der Waals surface area (Å²) in [6.07, 6.45) is 7.25. The van der Waals surface area contributed by atoms with Crippen molar-refractivity contribution in [1.82, 2.24) is 9.97 Å². The average Bonchev–Trinajstić information content (AvgIpc) is 3.52. The number of rotatable bonds is 8. The van der Waals surface area contributed by atoms with Gasteiger partial charge in [-0.15, -0.1) is 0 Å². The number of imidazole rings is 1. The summed E-state index contributed by atoms with van der Waals surface area (Å²) in [4.78, 5) is 29.1. The molecule has 0 radical (unpaired) electrons. The number of aromatic hydroxyl groups is 2. The maximum Gasteiger partial charge on any atom is 0.229 e. The number of nitrogens with one attached hydrogen (secondary N) is 2. The zero-order chi connectivity index (χ0) is 24.8. The number of hydrogen-bond acceptors (Lipinski definition) is 8. The lowest BCUT2D eigenvalue weighted by Gasteiger charge is -2.12. The van der Waals surface area contributed by atoms with Crippen molar-refractivity contribution in [3.63, 3.8) is 0 Å². The fraction of sp³-hybridized carbons (Fsp3) is 0.280. The first-order valence-electron chi connectivity index (χ1n) is 11.1. The zero-order valence-corrected chi connectivity index (χ0v) is 19.4. The number of carbonyl (C=O) groups excluding carboxylic acids is 1. The van der Waals surface area contributed by atoms with E-state index in [4.69, 9.17) is 9.47 Å². The second-order valence-corrected chi connectivity index (χ2v) is 8.08. The van der Waals surface area contributed by atoms with Crippen LogP contribution >= 0.6 is 0 Å². The van der Waals surface area contributed by atoms with E-state index in [-0.39, 0.29) is 35.4 Å². The number of amides is 1. The summed E-state index contributed by atoms with van der Waals surface area (Å²) in [5.74, 6) is 0.534. The predicted molar refractivity (Wildman–Crippen MR) is 132 cm³/mol. The molecule has 1 heterocycles. The quantitative estimate of drug-likeness (QED) is 0.367. The van der Waals surface area contributed by atoms with E-state index in [2.05, 4.69) is 25.3 Å². The fourth-order valence-electron chi connectivity index (χ4n) is 4.05. The van der Waals surface area contributed by atoms with Gasteiger partial charge in [-0.05, 0) is 37.1 Å². The highest BCUT2D eigenvalue weighted by atomic mass is 16.5. The number of aromatic nitrogens is 2. The largest absolute Gasteiger partial charge is 0.504 e. The standard InChI is InChI=1S/C25H27N5O5/c1-34-20-7-3-5-15(22(20)31)13-28-18-11-17(24(33)30-25-26-9-10-27-25)12-19(18)29-14-16-6-4-8-21(35-2)23(16)32/h3-10,13-14,17-19,31-32H,11-12H2,1-2H3,(H2,26,27,30,33)/t17?,18-,19+. The zero-order valence-electron chi connectivity index (χ0n) is 19.4. The van der Waals surface area contributed by atoms with Crippen LogP contribution in [0, 0.1) is 5.92 Å². The number of hydrogen-bond donors (Lipinski definition) is 4. The Kier molecular flexibility index (Phi) is 7.30. The van der Waals surface area contributed by atoms with Crippen LogP contribution in [0.3, 0.4) is 0 Å². The van der Waals surface area contributed by atoms with Crippen LogP contribution in [0.4, 0.5) is 5.95 Å². The number of phenolic OH excluding ortho intramolecular Hbond substituents is 2. The molecular formula is C25H27N5O5. The molecule has 10 nitrogen and oxygen atoms in total. The molecular weight excluding hydrogens is 450 g/mol. The Morgan fingerprint density at radius 1 is 1.00 bits per heavy atom. The summed E-state index contributed by atoms with van der Waals surface area (Å²) in [5.41, 5.74) is 1.00. The molecule has 35 heavy (non-hydrogen) atoms. The van der Waals surface area contributed by atoms with Crippen molar-refractivity contribution in [2.24, 2.45) is 15.9 Å². The minimum atomic E-state index is -0.345. The average molecular weight is 478 g/mol. The minimum absolute atomic E-state index is 0.00906. The Morgan fingerprint density at radius 3 is 2.00 bits per heavy atom. The highest BCUT2D eigenvalue weighted by Crippen LogP contribution is 2.34. The number of aliphatic imine (C=N–C) groups is 2.